The van der Waals surface area contributed by atoms with E-state index in [1.165, 1.54) is 12.1 Å². The SMILES string of the molecule is CN1CCC/C1=N/S(=O)(=O)c1ccc(NC(=O)CCc2ncc(-c3ccccc3)o2)cc1. The van der Waals surface area contributed by atoms with E-state index in [0.29, 0.717) is 36.0 Å². The fraction of sp³-hybridized carbons (Fsp3) is 0.261. The van der Waals surface area contributed by atoms with Crippen molar-refractivity contribution in [3.8, 4) is 11.3 Å². The van der Waals surface area contributed by atoms with Crippen LogP contribution in [0.2, 0.25) is 0 Å². The number of benzene rings is 2. The Hall–Kier alpha value is -3.46. The number of amidine groups is 1. The number of hydrogen-bond acceptors (Lipinski definition) is 5. The van der Waals surface area contributed by atoms with Crippen LogP contribution in [0.5, 0.6) is 0 Å². The summed E-state index contributed by atoms with van der Waals surface area (Å²) in [7, 11) is -1.94. The Labute approximate surface area is 187 Å². The molecule has 2 aromatic carbocycles. The first kappa shape index (κ1) is 21.8. The maximum atomic E-state index is 12.5. The molecule has 1 aromatic heterocycles. The number of likely N-dealkylation sites (tertiary alicyclic amines) is 1. The lowest BCUT2D eigenvalue weighted by Crippen LogP contribution is -2.20. The van der Waals surface area contributed by atoms with E-state index in [4.69, 9.17) is 4.42 Å². The van der Waals surface area contributed by atoms with Crippen LogP contribution in [0.3, 0.4) is 0 Å². The van der Waals surface area contributed by atoms with E-state index in [-0.39, 0.29) is 17.2 Å². The first-order valence-electron chi connectivity index (χ1n) is 10.4. The van der Waals surface area contributed by atoms with Crippen molar-refractivity contribution < 1.29 is 17.6 Å². The number of nitrogens with zero attached hydrogens (tertiary/aromatic N) is 3. The number of aromatic nitrogens is 1. The molecule has 1 saturated heterocycles. The summed E-state index contributed by atoms with van der Waals surface area (Å²) in [5.74, 6) is 1.50. The third-order valence-corrected chi connectivity index (χ3v) is 6.49. The lowest BCUT2D eigenvalue weighted by molar-refractivity contribution is -0.116. The Balaban J connectivity index is 1.33. The van der Waals surface area contributed by atoms with Gasteiger partial charge in [-0.2, -0.15) is 8.42 Å². The van der Waals surface area contributed by atoms with Crippen LogP contribution >= 0.6 is 0 Å². The van der Waals surface area contributed by atoms with Gasteiger partial charge in [-0.3, -0.25) is 4.79 Å². The van der Waals surface area contributed by atoms with Crippen LogP contribution in [-0.2, 0) is 21.2 Å². The lowest BCUT2D eigenvalue weighted by Gasteiger charge is -2.11. The molecule has 0 bridgehead atoms. The van der Waals surface area contributed by atoms with E-state index in [1.807, 2.05) is 42.3 Å². The summed E-state index contributed by atoms with van der Waals surface area (Å²) in [6.45, 7) is 0.806. The van der Waals surface area contributed by atoms with Gasteiger partial charge >= 0.3 is 0 Å². The van der Waals surface area contributed by atoms with Gasteiger partial charge in [-0.05, 0) is 30.7 Å². The number of nitrogens with one attached hydrogen (secondary N) is 1. The fourth-order valence-electron chi connectivity index (χ4n) is 3.42. The van der Waals surface area contributed by atoms with Crippen LogP contribution in [0.25, 0.3) is 11.3 Å². The number of amides is 1. The van der Waals surface area contributed by atoms with Crippen molar-refractivity contribution in [1.29, 1.82) is 0 Å². The summed E-state index contributed by atoms with van der Waals surface area (Å²) < 4.78 is 34.7. The van der Waals surface area contributed by atoms with E-state index in [1.54, 1.807) is 18.3 Å². The summed E-state index contributed by atoms with van der Waals surface area (Å²) in [5, 5.41) is 2.76. The molecule has 0 radical (unpaired) electrons. The van der Waals surface area contributed by atoms with Crippen LogP contribution in [0.4, 0.5) is 5.69 Å². The van der Waals surface area contributed by atoms with Crippen LogP contribution in [0.1, 0.15) is 25.2 Å². The van der Waals surface area contributed by atoms with Crippen molar-refractivity contribution in [2.24, 2.45) is 4.40 Å². The molecule has 2 heterocycles. The Kier molecular flexibility index (Phi) is 6.36. The van der Waals surface area contributed by atoms with Gasteiger partial charge in [0.25, 0.3) is 10.0 Å². The van der Waals surface area contributed by atoms with E-state index >= 15 is 0 Å². The number of sulfonamides is 1. The third-order valence-electron chi connectivity index (χ3n) is 5.17. The molecule has 1 aliphatic rings. The molecule has 1 fully saturated rings. The summed E-state index contributed by atoms with van der Waals surface area (Å²) in [5.41, 5.74) is 1.44. The molecule has 0 aliphatic carbocycles. The van der Waals surface area contributed by atoms with Crippen molar-refractivity contribution in [3.05, 3.63) is 66.7 Å². The Morgan fingerprint density at radius 2 is 1.91 bits per heavy atom. The predicted octanol–water partition coefficient (Wildman–Crippen LogP) is 3.73. The van der Waals surface area contributed by atoms with Gasteiger partial charge in [0.2, 0.25) is 5.91 Å². The first-order valence-corrected chi connectivity index (χ1v) is 11.8. The van der Waals surface area contributed by atoms with E-state index in [2.05, 4.69) is 14.7 Å². The molecule has 1 N–H and O–H groups in total. The minimum Gasteiger partial charge on any atom is -0.441 e. The minimum absolute atomic E-state index is 0.0940. The number of oxazole rings is 1. The summed E-state index contributed by atoms with van der Waals surface area (Å²) in [6.07, 6.45) is 3.75. The Morgan fingerprint density at radius 1 is 1.16 bits per heavy atom. The highest BCUT2D eigenvalue weighted by molar-refractivity contribution is 7.90. The van der Waals surface area contributed by atoms with Crippen molar-refractivity contribution >= 4 is 27.5 Å². The number of hydrogen-bond donors (Lipinski definition) is 1. The molecule has 1 aliphatic heterocycles. The van der Waals surface area contributed by atoms with Crippen LogP contribution in [0.15, 0.2) is 74.5 Å². The number of aryl methyl sites for hydroxylation is 1. The number of anilines is 1. The van der Waals surface area contributed by atoms with Gasteiger partial charge in [-0.1, -0.05) is 30.3 Å². The van der Waals surface area contributed by atoms with Crippen LogP contribution in [-0.4, -0.2) is 43.6 Å². The molecule has 0 spiro atoms. The van der Waals surface area contributed by atoms with E-state index in [0.717, 1.165) is 18.5 Å². The second kappa shape index (κ2) is 9.35. The minimum atomic E-state index is -3.78. The molecule has 4 rings (SSSR count). The van der Waals surface area contributed by atoms with Gasteiger partial charge in [0, 0.05) is 44.1 Å². The Morgan fingerprint density at radius 3 is 2.59 bits per heavy atom. The fourth-order valence-corrected chi connectivity index (χ4v) is 4.51. The molecule has 32 heavy (non-hydrogen) atoms. The van der Waals surface area contributed by atoms with Crippen LogP contribution in [0, 0.1) is 0 Å². The van der Waals surface area contributed by atoms with Gasteiger partial charge in [0.15, 0.2) is 11.7 Å². The molecule has 0 atom stereocenters. The molecule has 8 nitrogen and oxygen atoms in total. The molecule has 9 heteroatoms. The van der Waals surface area contributed by atoms with E-state index in [9.17, 15) is 13.2 Å². The second-order valence-electron chi connectivity index (χ2n) is 7.56. The van der Waals surface area contributed by atoms with Gasteiger partial charge in [-0.15, -0.1) is 4.40 Å². The normalized spacial score (nSPS) is 15.3. The quantitative estimate of drug-likeness (QED) is 0.586. The van der Waals surface area contributed by atoms with Gasteiger partial charge < -0.3 is 14.6 Å². The molecule has 3 aromatic rings. The third kappa shape index (κ3) is 5.23. The second-order valence-corrected chi connectivity index (χ2v) is 9.17. The highest BCUT2D eigenvalue weighted by Gasteiger charge is 2.20. The monoisotopic (exact) mass is 452 g/mol. The number of carbonyl (C=O) groups excluding carboxylic acids is 1. The van der Waals surface area contributed by atoms with Crippen molar-refractivity contribution in [2.75, 3.05) is 18.9 Å². The van der Waals surface area contributed by atoms with Gasteiger partial charge in [0.1, 0.15) is 5.84 Å². The molecule has 166 valence electrons. The van der Waals surface area contributed by atoms with Crippen molar-refractivity contribution in [1.82, 2.24) is 9.88 Å². The first-order chi connectivity index (χ1) is 15.4. The maximum Gasteiger partial charge on any atom is 0.283 e. The van der Waals surface area contributed by atoms with Crippen LogP contribution < -0.4 is 5.32 Å². The zero-order chi connectivity index (χ0) is 22.6. The van der Waals surface area contributed by atoms with Gasteiger partial charge in [0.05, 0.1) is 11.1 Å². The average molecular weight is 453 g/mol. The smallest absolute Gasteiger partial charge is 0.283 e. The lowest BCUT2D eigenvalue weighted by atomic mass is 10.2. The highest BCUT2D eigenvalue weighted by atomic mass is 32.2. The summed E-state index contributed by atoms with van der Waals surface area (Å²) in [6, 6.07) is 15.6. The highest BCUT2D eigenvalue weighted by Crippen LogP contribution is 2.21. The summed E-state index contributed by atoms with van der Waals surface area (Å²) in [4.78, 5) is 18.5. The van der Waals surface area contributed by atoms with Crippen molar-refractivity contribution in [2.45, 2.75) is 30.6 Å². The standard InChI is InChI=1S/C23H24N4O4S/c1-27-15-5-8-21(27)26-32(29,30)19-11-9-18(10-12-19)25-22(28)13-14-23-24-16-20(31-23)17-6-3-2-4-7-17/h2-4,6-7,9-12,16H,5,8,13-15H2,1H3,(H,25,28)/b26-21-. The summed E-state index contributed by atoms with van der Waals surface area (Å²) >= 11 is 0. The average Bonchev–Trinajstić information content (AvgIpc) is 3.42. The molecule has 1 amide bonds. The van der Waals surface area contributed by atoms with Gasteiger partial charge in [-0.25, -0.2) is 4.98 Å². The Bertz CT molecular complexity index is 1220. The van der Waals surface area contributed by atoms with Crippen molar-refractivity contribution in [3.63, 3.8) is 0 Å². The molecular formula is C23H24N4O4S. The predicted molar refractivity (Wildman–Crippen MR) is 122 cm³/mol. The molecule has 0 saturated carbocycles. The largest absolute Gasteiger partial charge is 0.441 e. The zero-order valence-corrected chi connectivity index (χ0v) is 18.5. The molecular weight excluding hydrogens is 428 g/mol. The zero-order valence-electron chi connectivity index (χ0n) is 17.7. The topological polar surface area (TPSA) is 105 Å². The number of rotatable bonds is 7. The maximum absolute atomic E-state index is 12.5. The van der Waals surface area contributed by atoms with E-state index < -0.39 is 10.0 Å². The number of carbonyl (C=O) groups is 1. The molecule has 0 unspecified atom stereocenters.